The summed E-state index contributed by atoms with van der Waals surface area (Å²) in [6.45, 7) is 2.80. The lowest BCUT2D eigenvalue weighted by atomic mass is 10.1. The lowest BCUT2D eigenvalue weighted by molar-refractivity contribution is -0.141. The van der Waals surface area contributed by atoms with Crippen molar-refractivity contribution in [2.45, 2.75) is 38.3 Å². The van der Waals surface area contributed by atoms with Gasteiger partial charge >= 0.3 is 11.9 Å². The Bertz CT molecular complexity index is 326. The minimum absolute atomic E-state index is 0.116. The number of hydrogen-bond donors (Lipinski definition) is 3. The first kappa shape index (κ1) is 15.1. The van der Waals surface area contributed by atoms with Crippen LogP contribution in [0.15, 0.2) is 0 Å². The minimum Gasteiger partial charge on any atom is -0.481 e. The third-order valence-electron chi connectivity index (χ3n) is 2.58. The highest BCUT2D eigenvalue weighted by atomic mass is 31.2. The van der Waals surface area contributed by atoms with Gasteiger partial charge in [-0.25, -0.2) is 0 Å². The molecule has 0 radical (unpaired) electrons. The summed E-state index contributed by atoms with van der Waals surface area (Å²) in [5.74, 6) is -2.60. The molecule has 0 aromatic carbocycles. The van der Waals surface area contributed by atoms with Gasteiger partial charge in [0, 0.05) is 12.6 Å². The van der Waals surface area contributed by atoms with Gasteiger partial charge in [0.1, 0.15) is 5.16 Å². The van der Waals surface area contributed by atoms with Crippen LogP contribution in [0.5, 0.6) is 0 Å². The summed E-state index contributed by atoms with van der Waals surface area (Å²) in [6.07, 6.45) is -0.512. The van der Waals surface area contributed by atoms with Crippen LogP contribution in [0.4, 0.5) is 0 Å². The van der Waals surface area contributed by atoms with Gasteiger partial charge in [-0.1, -0.05) is 6.92 Å². The average molecular weight is 252 g/mol. The Kier molecular flexibility index (Phi) is 5.16. The van der Waals surface area contributed by atoms with Crippen LogP contribution in [0.1, 0.15) is 33.1 Å². The van der Waals surface area contributed by atoms with E-state index in [0.717, 1.165) is 6.92 Å². The van der Waals surface area contributed by atoms with E-state index in [1.54, 1.807) is 6.92 Å². The lowest BCUT2D eigenvalue weighted by Gasteiger charge is -2.29. The number of hydrogen-bond acceptors (Lipinski definition) is 3. The molecule has 0 saturated carbocycles. The van der Waals surface area contributed by atoms with Crippen molar-refractivity contribution in [1.82, 2.24) is 0 Å². The van der Waals surface area contributed by atoms with E-state index in [0.29, 0.717) is 6.42 Å². The maximum atomic E-state index is 11.9. The quantitative estimate of drug-likeness (QED) is 0.590. The van der Waals surface area contributed by atoms with Gasteiger partial charge in [0.25, 0.3) is 0 Å². The predicted octanol–water partition coefficient (Wildman–Crippen LogP) is 1.37. The second-order valence-electron chi connectivity index (χ2n) is 3.90. The first-order valence-corrected chi connectivity index (χ1v) is 6.79. The molecule has 7 heteroatoms. The fraction of sp³-hybridized carbons (Fsp3) is 0.778. The van der Waals surface area contributed by atoms with E-state index in [4.69, 9.17) is 10.2 Å². The average Bonchev–Trinajstić information content (AvgIpc) is 2.13. The predicted molar refractivity (Wildman–Crippen MR) is 57.9 cm³/mol. The second-order valence-corrected chi connectivity index (χ2v) is 6.74. The van der Waals surface area contributed by atoms with Gasteiger partial charge in [-0.3, -0.25) is 14.2 Å². The van der Waals surface area contributed by atoms with E-state index < -0.39 is 30.9 Å². The molecule has 0 aromatic heterocycles. The van der Waals surface area contributed by atoms with Gasteiger partial charge in [0.2, 0.25) is 7.37 Å². The van der Waals surface area contributed by atoms with Crippen molar-refractivity contribution in [1.29, 1.82) is 0 Å². The fourth-order valence-electron chi connectivity index (χ4n) is 1.33. The molecule has 0 heterocycles. The Balaban J connectivity index is 5.03. The van der Waals surface area contributed by atoms with Crippen LogP contribution in [0.2, 0.25) is 0 Å². The maximum Gasteiger partial charge on any atom is 0.319 e. The SMILES string of the molecule is CCCP(=O)(O)C(C)(CCC(=O)O)C(=O)O. The molecule has 0 rings (SSSR count). The Morgan fingerprint density at radius 1 is 1.31 bits per heavy atom. The molecule has 0 aromatic rings. The van der Waals surface area contributed by atoms with Gasteiger partial charge in [-0.2, -0.15) is 0 Å². The largest absolute Gasteiger partial charge is 0.481 e. The van der Waals surface area contributed by atoms with Crippen LogP contribution in [0, 0.1) is 0 Å². The van der Waals surface area contributed by atoms with Crippen molar-refractivity contribution in [3.63, 3.8) is 0 Å². The number of carbonyl (C=O) groups is 2. The normalized spacial score (nSPS) is 18.4. The monoisotopic (exact) mass is 252 g/mol. The van der Waals surface area contributed by atoms with Crippen molar-refractivity contribution in [3.05, 3.63) is 0 Å². The van der Waals surface area contributed by atoms with Gasteiger partial charge < -0.3 is 15.1 Å². The van der Waals surface area contributed by atoms with E-state index in [-0.39, 0.29) is 12.6 Å². The van der Waals surface area contributed by atoms with Crippen molar-refractivity contribution in [2.75, 3.05) is 6.16 Å². The Morgan fingerprint density at radius 2 is 1.81 bits per heavy atom. The molecule has 0 aliphatic carbocycles. The molecule has 3 N–H and O–H groups in total. The Labute approximate surface area is 93.7 Å². The summed E-state index contributed by atoms with van der Waals surface area (Å²) in [5, 5.41) is 15.6. The molecule has 0 bridgehead atoms. The lowest BCUT2D eigenvalue weighted by Crippen LogP contribution is -2.36. The van der Waals surface area contributed by atoms with Crippen LogP contribution >= 0.6 is 7.37 Å². The van der Waals surface area contributed by atoms with E-state index in [1.807, 2.05) is 0 Å². The van der Waals surface area contributed by atoms with E-state index in [1.165, 1.54) is 0 Å². The first-order valence-electron chi connectivity index (χ1n) is 4.94. The highest BCUT2D eigenvalue weighted by Crippen LogP contribution is 2.56. The zero-order valence-electron chi connectivity index (χ0n) is 9.34. The Morgan fingerprint density at radius 3 is 2.12 bits per heavy atom. The number of aliphatic carboxylic acids is 2. The summed E-state index contributed by atoms with van der Waals surface area (Å²) in [5.41, 5.74) is 0. The molecule has 0 aliphatic rings. The zero-order valence-corrected chi connectivity index (χ0v) is 10.2. The van der Waals surface area contributed by atoms with Gasteiger partial charge in [-0.15, -0.1) is 0 Å². The molecule has 2 atom stereocenters. The molecular weight excluding hydrogens is 235 g/mol. The highest BCUT2D eigenvalue weighted by molar-refractivity contribution is 7.60. The van der Waals surface area contributed by atoms with E-state index >= 15 is 0 Å². The van der Waals surface area contributed by atoms with E-state index in [2.05, 4.69) is 0 Å². The van der Waals surface area contributed by atoms with Gasteiger partial charge in [-0.05, 0) is 19.8 Å². The summed E-state index contributed by atoms with van der Waals surface area (Å²) in [7, 11) is -3.89. The van der Waals surface area contributed by atoms with Crippen molar-refractivity contribution in [3.8, 4) is 0 Å². The molecule has 0 aliphatic heterocycles. The van der Waals surface area contributed by atoms with Crippen LogP contribution in [-0.2, 0) is 14.2 Å². The fourth-order valence-corrected chi connectivity index (χ4v) is 3.19. The molecule has 0 spiro atoms. The second kappa shape index (κ2) is 5.46. The van der Waals surface area contributed by atoms with Crippen LogP contribution in [-0.4, -0.2) is 38.4 Å². The Hall–Kier alpha value is -0.870. The summed E-state index contributed by atoms with van der Waals surface area (Å²) in [4.78, 5) is 31.1. The van der Waals surface area contributed by atoms with Gasteiger partial charge in [0.05, 0.1) is 0 Å². The van der Waals surface area contributed by atoms with Crippen LogP contribution in [0.3, 0.4) is 0 Å². The molecule has 0 fully saturated rings. The standard InChI is InChI=1S/C9H17O6P/c1-3-6-16(14,15)9(2,8(12)13)5-4-7(10)11/h3-6H2,1-2H3,(H,10,11)(H,12,13)(H,14,15). The molecule has 2 unspecified atom stereocenters. The smallest absolute Gasteiger partial charge is 0.319 e. The molecule has 6 nitrogen and oxygen atoms in total. The third kappa shape index (κ3) is 3.32. The molecule has 0 amide bonds. The van der Waals surface area contributed by atoms with Crippen molar-refractivity contribution in [2.24, 2.45) is 0 Å². The summed E-state index contributed by atoms with van der Waals surface area (Å²) >= 11 is 0. The molecule has 16 heavy (non-hydrogen) atoms. The number of carboxylic acids is 2. The maximum absolute atomic E-state index is 11.9. The zero-order chi connectivity index (χ0) is 13.0. The topological polar surface area (TPSA) is 112 Å². The highest BCUT2D eigenvalue weighted by Gasteiger charge is 2.49. The summed E-state index contributed by atoms with van der Waals surface area (Å²) < 4.78 is 11.9. The number of carboxylic acid groups (broad SMARTS) is 2. The minimum atomic E-state index is -3.89. The summed E-state index contributed by atoms with van der Waals surface area (Å²) in [6, 6.07) is 0. The molecule has 0 saturated heterocycles. The first-order chi connectivity index (χ1) is 7.17. The molecule has 94 valence electrons. The third-order valence-corrected chi connectivity index (χ3v) is 5.59. The van der Waals surface area contributed by atoms with Crippen molar-refractivity contribution >= 4 is 19.3 Å². The number of rotatable bonds is 7. The van der Waals surface area contributed by atoms with Gasteiger partial charge in [0.15, 0.2) is 0 Å². The van der Waals surface area contributed by atoms with E-state index in [9.17, 15) is 19.0 Å². The van der Waals surface area contributed by atoms with Crippen LogP contribution in [0.25, 0.3) is 0 Å². The molecular formula is C9H17O6P. The van der Waals surface area contributed by atoms with Crippen LogP contribution < -0.4 is 0 Å². The van der Waals surface area contributed by atoms with Crippen molar-refractivity contribution < 1.29 is 29.3 Å².